The van der Waals surface area contributed by atoms with E-state index in [2.05, 4.69) is 4.74 Å². The SMILES string of the molecule is CCCOc1ccc(/C=C2\SC(=O)N(CC(=O)OC)C2=O)cc1OCC. The molecule has 0 saturated carbocycles. The summed E-state index contributed by atoms with van der Waals surface area (Å²) in [6, 6.07) is 5.30. The predicted molar refractivity (Wildman–Crippen MR) is 98.1 cm³/mol. The van der Waals surface area contributed by atoms with E-state index >= 15 is 0 Å². The highest BCUT2D eigenvalue weighted by Gasteiger charge is 2.36. The van der Waals surface area contributed by atoms with Crippen LogP contribution < -0.4 is 9.47 Å². The molecule has 1 aromatic carbocycles. The van der Waals surface area contributed by atoms with Gasteiger partial charge < -0.3 is 14.2 Å². The first-order valence-corrected chi connectivity index (χ1v) is 9.03. The molecule has 0 spiro atoms. The van der Waals surface area contributed by atoms with Crippen molar-refractivity contribution in [2.24, 2.45) is 0 Å². The minimum Gasteiger partial charge on any atom is -0.490 e. The minimum atomic E-state index is -0.649. The van der Waals surface area contributed by atoms with Gasteiger partial charge in [0.15, 0.2) is 11.5 Å². The van der Waals surface area contributed by atoms with E-state index in [-0.39, 0.29) is 4.91 Å². The molecule has 7 nitrogen and oxygen atoms in total. The van der Waals surface area contributed by atoms with Crippen molar-refractivity contribution in [3.63, 3.8) is 0 Å². The van der Waals surface area contributed by atoms with Crippen LogP contribution in [0, 0.1) is 0 Å². The van der Waals surface area contributed by atoms with Gasteiger partial charge in [0.2, 0.25) is 0 Å². The first-order chi connectivity index (χ1) is 12.5. The zero-order valence-corrected chi connectivity index (χ0v) is 15.8. The number of amides is 2. The zero-order valence-electron chi connectivity index (χ0n) is 14.9. The van der Waals surface area contributed by atoms with Crippen LogP contribution in [-0.4, -0.2) is 48.9 Å². The second-order valence-corrected chi connectivity index (χ2v) is 6.32. The Morgan fingerprint density at radius 3 is 2.62 bits per heavy atom. The van der Waals surface area contributed by atoms with Gasteiger partial charge in [0.1, 0.15) is 6.54 Å². The highest BCUT2D eigenvalue weighted by atomic mass is 32.2. The summed E-state index contributed by atoms with van der Waals surface area (Å²) < 4.78 is 15.7. The van der Waals surface area contributed by atoms with Crippen LogP contribution in [0.3, 0.4) is 0 Å². The Morgan fingerprint density at radius 2 is 1.96 bits per heavy atom. The Morgan fingerprint density at radius 1 is 1.19 bits per heavy atom. The fourth-order valence-electron chi connectivity index (χ4n) is 2.20. The topological polar surface area (TPSA) is 82.1 Å². The summed E-state index contributed by atoms with van der Waals surface area (Å²) >= 11 is 0.785. The van der Waals surface area contributed by atoms with E-state index in [9.17, 15) is 14.4 Å². The first-order valence-electron chi connectivity index (χ1n) is 8.22. The standard InChI is InChI=1S/C18H21NO6S/c1-4-8-25-13-7-6-12(9-14(13)24-5-2)10-15-17(21)19(18(22)26-15)11-16(20)23-3/h6-7,9-10H,4-5,8,11H2,1-3H3/b15-10-. The molecule has 0 atom stereocenters. The van der Waals surface area contributed by atoms with Crippen molar-refractivity contribution in [1.29, 1.82) is 0 Å². The van der Waals surface area contributed by atoms with Crippen LogP contribution in [0.25, 0.3) is 6.08 Å². The number of methoxy groups -OCH3 is 1. The third kappa shape index (κ3) is 4.78. The molecule has 140 valence electrons. The van der Waals surface area contributed by atoms with Gasteiger partial charge in [0, 0.05) is 0 Å². The molecule has 2 rings (SSSR count). The number of carbonyl (C=O) groups is 3. The quantitative estimate of drug-likeness (QED) is 0.507. The van der Waals surface area contributed by atoms with Gasteiger partial charge in [0.25, 0.3) is 11.1 Å². The summed E-state index contributed by atoms with van der Waals surface area (Å²) in [4.78, 5) is 36.7. The highest BCUT2D eigenvalue weighted by molar-refractivity contribution is 8.18. The molecule has 0 N–H and O–H groups in total. The third-order valence-corrected chi connectivity index (χ3v) is 4.32. The number of benzene rings is 1. The van der Waals surface area contributed by atoms with Gasteiger partial charge in [-0.1, -0.05) is 13.0 Å². The van der Waals surface area contributed by atoms with E-state index < -0.39 is 23.7 Å². The molecule has 2 amide bonds. The van der Waals surface area contributed by atoms with Crippen molar-refractivity contribution in [2.75, 3.05) is 26.9 Å². The van der Waals surface area contributed by atoms with Crippen LogP contribution in [0.15, 0.2) is 23.1 Å². The van der Waals surface area contributed by atoms with Crippen LogP contribution in [-0.2, 0) is 14.3 Å². The van der Waals surface area contributed by atoms with Gasteiger partial charge in [-0.15, -0.1) is 0 Å². The van der Waals surface area contributed by atoms with E-state index in [0.29, 0.717) is 30.3 Å². The van der Waals surface area contributed by atoms with E-state index in [1.165, 1.54) is 7.11 Å². The normalized spacial score (nSPS) is 15.5. The van der Waals surface area contributed by atoms with Crippen molar-refractivity contribution in [3.05, 3.63) is 28.7 Å². The number of hydrogen-bond acceptors (Lipinski definition) is 7. The molecule has 26 heavy (non-hydrogen) atoms. The van der Waals surface area contributed by atoms with Gasteiger partial charge in [0.05, 0.1) is 25.2 Å². The van der Waals surface area contributed by atoms with Crippen LogP contribution in [0.5, 0.6) is 11.5 Å². The fourth-order valence-corrected chi connectivity index (χ4v) is 3.03. The maximum atomic E-state index is 12.3. The van der Waals surface area contributed by atoms with Crippen LogP contribution >= 0.6 is 11.8 Å². The van der Waals surface area contributed by atoms with E-state index in [0.717, 1.165) is 23.1 Å². The van der Waals surface area contributed by atoms with Gasteiger partial charge in [-0.3, -0.25) is 19.3 Å². The summed E-state index contributed by atoms with van der Waals surface area (Å²) in [5.41, 5.74) is 0.695. The average molecular weight is 379 g/mol. The number of carbonyl (C=O) groups excluding carboxylic acids is 3. The number of thioether (sulfide) groups is 1. The second kappa shape index (κ2) is 9.28. The second-order valence-electron chi connectivity index (χ2n) is 5.33. The lowest BCUT2D eigenvalue weighted by Crippen LogP contribution is -2.34. The van der Waals surface area contributed by atoms with Crippen LogP contribution in [0.2, 0.25) is 0 Å². The summed E-state index contributed by atoms with van der Waals surface area (Å²) in [6.45, 7) is 4.54. The molecule has 0 radical (unpaired) electrons. The maximum Gasteiger partial charge on any atom is 0.325 e. The number of nitrogens with zero attached hydrogens (tertiary/aromatic N) is 1. The van der Waals surface area contributed by atoms with Crippen molar-refractivity contribution in [3.8, 4) is 11.5 Å². The summed E-state index contributed by atoms with van der Waals surface area (Å²) in [6.07, 6.45) is 2.47. The number of esters is 1. The molecule has 0 aliphatic carbocycles. The van der Waals surface area contributed by atoms with Crippen LogP contribution in [0.4, 0.5) is 4.79 Å². The summed E-state index contributed by atoms with van der Waals surface area (Å²) in [5, 5.41) is -0.500. The molecule has 0 aromatic heterocycles. The smallest absolute Gasteiger partial charge is 0.325 e. The predicted octanol–water partition coefficient (Wildman–Crippen LogP) is 3.08. The van der Waals surface area contributed by atoms with E-state index in [1.54, 1.807) is 24.3 Å². The largest absolute Gasteiger partial charge is 0.490 e. The lowest BCUT2D eigenvalue weighted by Gasteiger charge is -2.12. The average Bonchev–Trinajstić information content (AvgIpc) is 2.88. The first kappa shape index (κ1) is 19.8. The molecule has 0 bridgehead atoms. The molecule has 1 heterocycles. The van der Waals surface area contributed by atoms with Gasteiger partial charge in [-0.2, -0.15) is 0 Å². The zero-order chi connectivity index (χ0) is 19.1. The Bertz CT molecular complexity index is 730. The minimum absolute atomic E-state index is 0.239. The molecule has 1 aliphatic heterocycles. The fraction of sp³-hybridized carbons (Fsp3) is 0.389. The Kier molecular flexibility index (Phi) is 7.08. The monoisotopic (exact) mass is 379 g/mol. The lowest BCUT2D eigenvalue weighted by molar-refractivity contribution is -0.143. The molecular formula is C18H21NO6S. The van der Waals surface area contributed by atoms with Gasteiger partial charge in [-0.05, 0) is 48.9 Å². The van der Waals surface area contributed by atoms with Crippen molar-refractivity contribution in [1.82, 2.24) is 4.90 Å². The van der Waals surface area contributed by atoms with E-state index in [1.807, 2.05) is 13.8 Å². The molecule has 1 fully saturated rings. The van der Waals surface area contributed by atoms with E-state index in [4.69, 9.17) is 9.47 Å². The Labute approximate surface area is 156 Å². The maximum absolute atomic E-state index is 12.3. The molecule has 1 aliphatic rings. The molecule has 1 aromatic rings. The molecule has 0 unspecified atom stereocenters. The van der Waals surface area contributed by atoms with Crippen LogP contribution in [0.1, 0.15) is 25.8 Å². The highest BCUT2D eigenvalue weighted by Crippen LogP contribution is 2.34. The molecule has 8 heteroatoms. The Balaban J connectivity index is 2.23. The van der Waals surface area contributed by atoms with Crippen molar-refractivity contribution in [2.45, 2.75) is 20.3 Å². The van der Waals surface area contributed by atoms with Gasteiger partial charge >= 0.3 is 5.97 Å². The van der Waals surface area contributed by atoms with Gasteiger partial charge in [-0.25, -0.2) is 0 Å². The third-order valence-electron chi connectivity index (χ3n) is 3.42. The number of imide groups is 1. The summed E-state index contributed by atoms with van der Waals surface area (Å²) in [7, 11) is 1.20. The number of ether oxygens (including phenoxy) is 3. The number of rotatable bonds is 8. The summed E-state index contributed by atoms with van der Waals surface area (Å²) in [5.74, 6) is 0.0346. The van der Waals surface area contributed by atoms with Crippen molar-refractivity contribution < 1.29 is 28.6 Å². The Hall–Kier alpha value is -2.48. The van der Waals surface area contributed by atoms with Crippen molar-refractivity contribution >= 4 is 35.0 Å². The number of hydrogen-bond donors (Lipinski definition) is 0. The molecular weight excluding hydrogens is 358 g/mol. The molecule has 1 saturated heterocycles. The lowest BCUT2D eigenvalue weighted by atomic mass is 10.2.